The van der Waals surface area contributed by atoms with Gasteiger partial charge in [0.15, 0.2) is 0 Å². The Kier molecular flexibility index (Phi) is 3.92. The minimum atomic E-state index is 0.160. The maximum atomic E-state index is 12.3. The fourth-order valence-electron chi connectivity index (χ4n) is 2.44. The van der Waals surface area contributed by atoms with E-state index in [1.165, 1.54) is 6.42 Å². The highest BCUT2D eigenvalue weighted by atomic mass is 79.9. The largest absolute Gasteiger partial charge is 0.345 e. The zero-order valence-corrected chi connectivity index (χ0v) is 12.0. The zero-order valence-electron chi connectivity index (χ0n) is 10.4. The van der Waals surface area contributed by atoms with Crippen molar-refractivity contribution in [1.82, 2.24) is 9.47 Å². The van der Waals surface area contributed by atoms with Crippen LogP contribution < -0.4 is 0 Å². The molecule has 1 aliphatic rings. The first-order valence-corrected chi connectivity index (χ1v) is 7.02. The SMILES string of the molecule is CCC1CCN(C(=O)c2cc(Br)cn2C)CC1. The predicted octanol–water partition coefficient (Wildman–Crippen LogP) is 3.05. The quantitative estimate of drug-likeness (QED) is 0.824. The van der Waals surface area contributed by atoms with Crippen molar-refractivity contribution in [2.75, 3.05) is 13.1 Å². The third kappa shape index (κ3) is 2.73. The number of nitrogens with zero attached hydrogens (tertiary/aromatic N) is 2. The molecule has 0 N–H and O–H groups in total. The predicted molar refractivity (Wildman–Crippen MR) is 72.0 cm³/mol. The first-order valence-electron chi connectivity index (χ1n) is 6.23. The number of amides is 1. The average Bonchev–Trinajstić information content (AvgIpc) is 2.68. The molecule has 0 bridgehead atoms. The van der Waals surface area contributed by atoms with Gasteiger partial charge in [-0.25, -0.2) is 0 Å². The molecule has 1 aliphatic heterocycles. The maximum Gasteiger partial charge on any atom is 0.270 e. The minimum absolute atomic E-state index is 0.160. The third-order valence-electron chi connectivity index (χ3n) is 3.67. The van der Waals surface area contributed by atoms with Gasteiger partial charge >= 0.3 is 0 Å². The highest BCUT2D eigenvalue weighted by Gasteiger charge is 2.24. The lowest BCUT2D eigenvalue weighted by Crippen LogP contribution is -2.39. The molecule has 0 atom stereocenters. The van der Waals surface area contributed by atoms with E-state index in [0.29, 0.717) is 0 Å². The lowest BCUT2D eigenvalue weighted by molar-refractivity contribution is 0.0679. The van der Waals surface area contributed by atoms with E-state index < -0.39 is 0 Å². The van der Waals surface area contributed by atoms with Crippen molar-refractivity contribution in [3.63, 3.8) is 0 Å². The molecule has 4 heteroatoms. The normalized spacial score (nSPS) is 17.5. The number of hydrogen-bond donors (Lipinski definition) is 0. The van der Waals surface area contributed by atoms with Crippen molar-refractivity contribution in [1.29, 1.82) is 0 Å². The van der Waals surface area contributed by atoms with Crippen LogP contribution in [0, 0.1) is 5.92 Å². The fraction of sp³-hybridized carbons (Fsp3) is 0.615. The molecule has 1 aromatic heterocycles. The number of halogens is 1. The summed E-state index contributed by atoms with van der Waals surface area (Å²) in [7, 11) is 1.91. The van der Waals surface area contributed by atoms with E-state index in [0.717, 1.165) is 42.0 Å². The van der Waals surface area contributed by atoms with Crippen molar-refractivity contribution >= 4 is 21.8 Å². The van der Waals surface area contributed by atoms with Gasteiger partial charge in [-0.2, -0.15) is 0 Å². The van der Waals surface area contributed by atoms with Crippen LogP contribution in [0.4, 0.5) is 0 Å². The maximum absolute atomic E-state index is 12.3. The number of aromatic nitrogens is 1. The Balaban J connectivity index is 2.04. The van der Waals surface area contributed by atoms with Gasteiger partial charge in [0.25, 0.3) is 5.91 Å². The van der Waals surface area contributed by atoms with E-state index in [1.807, 2.05) is 28.8 Å². The van der Waals surface area contributed by atoms with Crippen LogP contribution in [0.5, 0.6) is 0 Å². The standard InChI is InChI=1S/C13H19BrN2O/c1-3-10-4-6-16(7-5-10)13(17)12-8-11(14)9-15(12)2/h8-10H,3-7H2,1-2H3. The summed E-state index contributed by atoms with van der Waals surface area (Å²) in [6.45, 7) is 4.04. The first kappa shape index (κ1) is 12.7. The fourth-order valence-corrected chi connectivity index (χ4v) is 2.97. The second-order valence-electron chi connectivity index (χ2n) is 4.80. The van der Waals surface area contributed by atoms with Crippen molar-refractivity contribution in [2.45, 2.75) is 26.2 Å². The molecule has 0 aromatic carbocycles. The molecule has 0 saturated carbocycles. The summed E-state index contributed by atoms with van der Waals surface area (Å²) >= 11 is 3.40. The molecule has 2 rings (SSSR count). The Hall–Kier alpha value is -0.770. The Morgan fingerprint density at radius 1 is 1.47 bits per heavy atom. The van der Waals surface area contributed by atoms with Gasteiger partial charge in [-0.15, -0.1) is 0 Å². The van der Waals surface area contributed by atoms with Gasteiger partial charge < -0.3 is 9.47 Å². The molecular weight excluding hydrogens is 280 g/mol. The Labute approximate surface area is 111 Å². The average molecular weight is 299 g/mol. The monoisotopic (exact) mass is 298 g/mol. The van der Waals surface area contributed by atoms with Gasteiger partial charge in [-0.1, -0.05) is 13.3 Å². The number of aryl methyl sites for hydroxylation is 1. The van der Waals surface area contributed by atoms with E-state index in [2.05, 4.69) is 22.9 Å². The van der Waals surface area contributed by atoms with Gasteiger partial charge in [0, 0.05) is 30.8 Å². The van der Waals surface area contributed by atoms with Gasteiger partial charge in [-0.05, 0) is 40.8 Å². The second kappa shape index (κ2) is 5.25. The topological polar surface area (TPSA) is 25.2 Å². The van der Waals surface area contributed by atoms with Crippen LogP contribution in [0.1, 0.15) is 36.7 Å². The molecule has 0 aliphatic carbocycles. The zero-order chi connectivity index (χ0) is 12.4. The summed E-state index contributed by atoms with van der Waals surface area (Å²) < 4.78 is 2.85. The van der Waals surface area contributed by atoms with Crippen LogP contribution in [-0.4, -0.2) is 28.5 Å². The minimum Gasteiger partial charge on any atom is -0.345 e. The highest BCUT2D eigenvalue weighted by molar-refractivity contribution is 9.10. The van der Waals surface area contributed by atoms with Crippen LogP contribution in [0.25, 0.3) is 0 Å². The number of hydrogen-bond acceptors (Lipinski definition) is 1. The summed E-state index contributed by atoms with van der Waals surface area (Å²) in [6.07, 6.45) is 5.45. The molecule has 0 unspecified atom stereocenters. The van der Waals surface area contributed by atoms with Crippen molar-refractivity contribution < 1.29 is 4.79 Å². The molecule has 3 nitrogen and oxygen atoms in total. The molecule has 1 fully saturated rings. The molecule has 1 amide bonds. The molecule has 0 radical (unpaired) electrons. The molecule has 1 saturated heterocycles. The van der Waals surface area contributed by atoms with Gasteiger partial charge in [-0.3, -0.25) is 4.79 Å². The molecular formula is C13H19BrN2O. The van der Waals surface area contributed by atoms with Gasteiger partial charge in [0.1, 0.15) is 5.69 Å². The summed E-state index contributed by atoms with van der Waals surface area (Å²) in [5.74, 6) is 0.965. The number of piperidine rings is 1. The summed E-state index contributed by atoms with van der Waals surface area (Å²) in [5, 5.41) is 0. The number of carbonyl (C=O) groups is 1. The number of carbonyl (C=O) groups excluding carboxylic acids is 1. The molecule has 94 valence electrons. The van der Waals surface area contributed by atoms with Crippen molar-refractivity contribution in [3.05, 3.63) is 22.4 Å². The lowest BCUT2D eigenvalue weighted by Gasteiger charge is -2.31. The molecule has 0 spiro atoms. The van der Waals surface area contributed by atoms with E-state index >= 15 is 0 Å². The van der Waals surface area contributed by atoms with Crippen molar-refractivity contribution in [3.8, 4) is 0 Å². The van der Waals surface area contributed by atoms with E-state index in [1.54, 1.807) is 0 Å². The van der Waals surface area contributed by atoms with Crippen LogP contribution >= 0.6 is 15.9 Å². The Morgan fingerprint density at radius 2 is 2.12 bits per heavy atom. The van der Waals surface area contributed by atoms with Gasteiger partial charge in [0.05, 0.1) is 0 Å². The van der Waals surface area contributed by atoms with Crippen LogP contribution in [-0.2, 0) is 7.05 Å². The smallest absolute Gasteiger partial charge is 0.270 e. The molecule has 2 heterocycles. The second-order valence-corrected chi connectivity index (χ2v) is 5.71. The highest BCUT2D eigenvalue weighted by Crippen LogP contribution is 2.22. The lowest BCUT2D eigenvalue weighted by atomic mass is 9.94. The summed E-state index contributed by atoms with van der Waals surface area (Å²) in [5.41, 5.74) is 0.770. The summed E-state index contributed by atoms with van der Waals surface area (Å²) in [6, 6.07) is 1.90. The first-order chi connectivity index (χ1) is 8.11. The van der Waals surface area contributed by atoms with Crippen LogP contribution in [0.2, 0.25) is 0 Å². The third-order valence-corrected chi connectivity index (χ3v) is 4.10. The molecule has 17 heavy (non-hydrogen) atoms. The van der Waals surface area contributed by atoms with Crippen LogP contribution in [0.3, 0.4) is 0 Å². The summed E-state index contributed by atoms with van der Waals surface area (Å²) in [4.78, 5) is 14.3. The Bertz CT molecular complexity index is 406. The van der Waals surface area contributed by atoms with Gasteiger partial charge in [0.2, 0.25) is 0 Å². The molecule has 1 aromatic rings. The van der Waals surface area contributed by atoms with E-state index in [4.69, 9.17) is 0 Å². The number of likely N-dealkylation sites (tertiary alicyclic amines) is 1. The van der Waals surface area contributed by atoms with E-state index in [-0.39, 0.29) is 5.91 Å². The van der Waals surface area contributed by atoms with Crippen LogP contribution in [0.15, 0.2) is 16.7 Å². The number of rotatable bonds is 2. The van der Waals surface area contributed by atoms with E-state index in [9.17, 15) is 4.79 Å². The Morgan fingerprint density at radius 3 is 2.59 bits per heavy atom. The van der Waals surface area contributed by atoms with Crippen molar-refractivity contribution in [2.24, 2.45) is 13.0 Å².